The molecule has 0 radical (unpaired) electrons. The summed E-state index contributed by atoms with van der Waals surface area (Å²) >= 11 is 0. The van der Waals surface area contributed by atoms with Crippen LogP contribution in [0.5, 0.6) is 0 Å². The maximum Gasteiger partial charge on any atom is 0.346 e. The Labute approximate surface area is 253 Å². The number of anilines is 3. The highest BCUT2D eigenvalue weighted by molar-refractivity contribution is 5.97. The molecule has 0 unspecified atom stereocenters. The van der Waals surface area contributed by atoms with Crippen LogP contribution in [-0.4, -0.2) is 11.1 Å². The van der Waals surface area contributed by atoms with Crippen LogP contribution in [0.1, 0.15) is 58.2 Å². The molecule has 0 fully saturated rings. The molecule has 5 aromatic rings. The lowest BCUT2D eigenvalue weighted by Gasteiger charge is -2.28. The van der Waals surface area contributed by atoms with Crippen molar-refractivity contribution in [2.24, 2.45) is 0 Å². The predicted molar refractivity (Wildman–Crippen MR) is 175 cm³/mol. The van der Waals surface area contributed by atoms with Gasteiger partial charge in [0.25, 0.3) is 0 Å². The molecule has 0 aliphatic rings. The smallest absolute Gasteiger partial charge is 0.346 e. The summed E-state index contributed by atoms with van der Waals surface area (Å²) < 4.78 is 6.16. The van der Waals surface area contributed by atoms with Crippen molar-refractivity contribution in [2.75, 3.05) is 4.90 Å². The highest BCUT2D eigenvalue weighted by Crippen LogP contribution is 2.38. The number of rotatable bonds is 6. The van der Waals surface area contributed by atoms with Crippen LogP contribution in [0.2, 0.25) is 0 Å². The molecule has 0 saturated carbocycles. The molecule has 4 aromatic carbocycles. The maximum atomic E-state index is 11.2. The van der Waals surface area contributed by atoms with Crippen LogP contribution in [-0.2, 0) is 15.6 Å². The van der Waals surface area contributed by atoms with Crippen molar-refractivity contribution in [1.82, 2.24) is 0 Å². The van der Waals surface area contributed by atoms with Gasteiger partial charge >= 0.3 is 5.97 Å². The number of fused-ring (bicyclic) bond motifs is 1. The Balaban J connectivity index is 1.51. The number of nitrogens with zero attached hydrogens (tertiary/aromatic N) is 2. The average molecular weight is 569 g/mol. The maximum absolute atomic E-state index is 11.2. The van der Waals surface area contributed by atoms with Crippen molar-refractivity contribution < 1.29 is 14.3 Å². The number of benzene rings is 4. The van der Waals surface area contributed by atoms with Gasteiger partial charge in [0.05, 0.1) is 0 Å². The predicted octanol–water partition coefficient (Wildman–Crippen LogP) is 10.2. The van der Waals surface area contributed by atoms with Crippen molar-refractivity contribution in [1.29, 1.82) is 5.26 Å². The quantitative estimate of drug-likeness (QED) is 0.163. The van der Waals surface area contributed by atoms with Crippen molar-refractivity contribution in [3.63, 3.8) is 0 Å². The molecule has 0 saturated heterocycles. The topological polar surface area (TPSA) is 77.5 Å². The summed E-state index contributed by atoms with van der Waals surface area (Å²) in [6.45, 7) is 13.3. The summed E-state index contributed by atoms with van der Waals surface area (Å²) in [6.07, 6.45) is 1.34. The molecular formula is C38H36N2O3. The van der Waals surface area contributed by atoms with Crippen molar-refractivity contribution >= 4 is 40.1 Å². The summed E-state index contributed by atoms with van der Waals surface area (Å²) in [4.78, 5) is 13.5. The molecule has 1 heterocycles. The molecule has 5 heteroatoms. The van der Waals surface area contributed by atoms with Crippen molar-refractivity contribution in [3.8, 4) is 17.4 Å². The largest absolute Gasteiger partial charge is 0.477 e. The summed E-state index contributed by atoms with van der Waals surface area (Å²) in [5.41, 5.74) is 7.68. The zero-order valence-corrected chi connectivity index (χ0v) is 25.5. The lowest BCUT2D eigenvalue weighted by molar-refractivity contribution is -0.132. The van der Waals surface area contributed by atoms with Gasteiger partial charge in [-0.25, -0.2) is 4.79 Å². The zero-order chi connectivity index (χ0) is 30.9. The third-order valence-corrected chi connectivity index (χ3v) is 7.60. The van der Waals surface area contributed by atoms with E-state index < -0.39 is 5.97 Å². The number of carboxylic acid groups (broad SMARTS) is 1. The normalized spacial score (nSPS) is 12.3. The molecule has 1 N–H and O–H groups in total. The standard InChI is InChI=1S/C38H36N2O3/c1-37(2,3)29-11-17-32(18-12-29)40(33-19-13-30(14-20-33)38(4,5)6)31-15-9-26(10-16-31)35-23-27-8-7-25(22-34(27)43-35)21-28(24-39)36(41)42/h7-23H,1-6H3,(H,41,42). The van der Waals surface area contributed by atoms with Crippen LogP contribution >= 0.6 is 0 Å². The third kappa shape index (κ3) is 6.39. The van der Waals surface area contributed by atoms with E-state index in [0.29, 0.717) is 16.9 Å². The van der Waals surface area contributed by atoms with E-state index in [1.807, 2.05) is 24.3 Å². The van der Waals surface area contributed by atoms with Crippen LogP contribution in [0.15, 0.2) is 107 Å². The Morgan fingerprint density at radius 1 is 0.744 bits per heavy atom. The van der Waals surface area contributed by atoms with E-state index >= 15 is 0 Å². The van der Waals surface area contributed by atoms with E-state index in [1.165, 1.54) is 17.2 Å². The van der Waals surface area contributed by atoms with E-state index in [2.05, 4.69) is 107 Å². The van der Waals surface area contributed by atoms with Gasteiger partial charge < -0.3 is 14.4 Å². The highest BCUT2D eigenvalue weighted by atomic mass is 16.4. The monoisotopic (exact) mass is 568 g/mol. The molecule has 0 aliphatic carbocycles. The van der Waals surface area contributed by atoms with E-state index in [-0.39, 0.29) is 16.4 Å². The van der Waals surface area contributed by atoms with Crippen molar-refractivity contribution in [2.45, 2.75) is 52.4 Å². The molecule has 1 aromatic heterocycles. The average Bonchev–Trinajstić information content (AvgIpc) is 3.39. The van der Waals surface area contributed by atoms with Gasteiger partial charge in [0.2, 0.25) is 0 Å². The van der Waals surface area contributed by atoms with Gasteiger partial charge in [0.1, 0.15) is 23.0 Å². The van der Waals surface area contributed by atoms with Crippen LogP contribution in [0.25, 0.3) is 28.4 Å². The van der Waals surface area contributed by atoms with Gasteiger partial charge in [-0.1, -0.05) is 77.9 Å². The van der Waals surface area contributed by atoms with E-state index in [1.54, 1.807) is 18.2 Å². The van der Waals surface area contributed by atoms with Gasteiger partial charge in [0.15, 0.2) is 0 Å². The summed E-state index contributed by atoms with van der Waals surface area (Å²) in [6, 6.07) is 34.9. The fourth-order valence-corrected chi connectivity index (χ4v) is 5.03. The molecule has 0 atom stereocenters. The number of hydrogen-bond donors (Lipinski definition) is 1. The summed E-state index contributed by atoms with van der Waals surface area (Å²) in [5, 5.41) is 19.2. The van der Waals surface area contributed by atoms with Crippen LogP contribution in [0.4, 0.5) is 17.1 Å². The SMILES string of the molecule is CC(C)(C)c1ccc(N(c2ccc(-c3cc4ccc(C=C(C#N)C(=O)O)cc4o3)cc2)c2ccc(C(C)(C)C)cc2)cc1. The number of carbonyl (C=O) groups is 1. The summed E-state index contributed by atoms with van der Waals surface area (Å²) in [7, 11) is 0. The molecular weight excluding hydrogens is 532 g/mol. The fourth-order valence-electron chi connectivity index (χ4n) is 5.03. The van der Waals surface area contributed by atoms with Gasteiger partial charge in [-0.2, -0.15) is 5.26 Å². The van der Waals surface area contributed by atoms with Crippen molar-refractivity contribution in [3.05, 3.63) is 119 Å². The second-order valence-corrected chi connectivity index (χ2v) is 12.9. The molecule has 5 nitrogen and oxygen atoms in total. The lowest BCUT2D eigenvalue weighted by atomic mass is 9.86. The Bertz CT molecular complexity index is 1780. The van der Waals surface area contributed by atoms with E-state index in [9.17, 15) is 9.90 Å². The summed E-state index contributed by atoms with van der Waals surface area (Å²) in [5.74, 6) is -0.552. The Hall–Kier alpha value is -5.08. The first-order valence-corrected chi connectivity index (χ1v) is 14.3. The Morgan fingerprint density at radius 2 is 1.23 bits per heavy atom. The minimum Gasteiger partial charge on any atom is -0.477 e. The first-order valence-electron chi connectivity index (χ1n) is 14.3. The Kier molecular flexibility index (Phi) is 7.73. The van der Waals surface area contributed by atoms with E-state index in [0.717, 1.165) is 28.0 Å². The number of hydrogen-bond acceptors (Lipinski definition) is 4. The molecule has 0 amide bonds. The highest BCUT2D eigenvalue weighted by Gasteiger charge is 2.19. The van der Waals surface area contributed by atoms with E-state index in [4.69, 9.17) is 9.68 Å². The first kappa shape index (κ1) is 29.4. The number of aliphatic carboxylic acids is 1. The van der Waals surface area contributed by atoms with Crippen LogP contribution in [0.3, 0.4) is 0 Å². The second-order valence-electron chi connectivity index (χ2n) is 12.9. The number of furan rings is 1. The molecule has 0 aliphatic heterocycles. The molecule has 5 rings (SSSR count). The first-order chi connectivity index (χ1) is 20.3. The van der Waals surface area contributed by atoms with Gasteiger partial charge in [-0.15, -0.1) is 0 Å². The second kappa shape index (κ2) is 11.3. The fraction of sp³-hybridized carbons (Fsp3) is 0.211. The molecule has 0 spiro atoms. The van der Waals surface area contributed by atoms with Crippen LogP contribution < -0.4 is 4.90 Å². The third-order valence-electron chi connectivity index (χ3n) is 7.60. The zero-order valence-electron chi connectivity index (χ0n) is 25.5. The minimum absolute atomic E-state index is 0.0667. The lowest BCUT2D eigenvalue weighted by Crippen LogP contribution is -2.14. The Morgan fingerprint density at radius 3 is 1.67 bits per heavy atom. The molecule has 0 bridgehead atoms. The van der Waals surface area contributed by atoms with Gasteiger partial charge in [-0.05, 0) is 94.3 Å². The number of nitriles is 1. The molecule has 216 valence electrons. The van der Waals surface area contributed by atoms with Gasteiger partial charge in [-0.3, -0.25) is 0 Å². The molecule has 43 heavy (non-hydrogen) atoms. The van der Waals surface area contributed by atoms with Crippen LogP contribution in [0, 0.1) is 11.3 Å². The van der Waals surface area contributed by atoms with Gasteiger partial charge in [0, 0.05) is 28.0 Å². The minimum atomic E-state index is -1.26. The number of carboxylic acids is 1.